The molecule has 0 aliphatic carbocycles. The summed E-state index contributed by atoms with van der Waals surface area (Å²) in [7, 11) is 1.61. The van der Waals surface area contributed by atoms with Crippen molar-refractivity contribution >= 4 is 12.0 Å². The maximum absolute atomic E-state index is 11.9. The number of amides is 2. The van der Waals surface area contributed by atoms with Gasteiger partial charge in [-0.2, -0.15) is 0 Å². The largest absolute Gasteiger partial charge is 0.481 e. The van der Waals surface area contributed by atoms with E-state index in [9.17, 15) is 9.59 Å². The third-order valence-corrected chi connectivity index (χ3v) is 3.45. The van der Waals surface area contributed by atoms with Crippen LogP contribution in [0, 0.1) is 5.92 Å². The molecular formula is C13H24N2O4. The highest BCUT2D eigenvalue weighted by Crippen LogP contribution is 2.21. The number of urea groups is 1. The zero-order valence-corrected chi connectivity index (χ0v) is 11.7. The Morgan fingerprint density at radius 1 is 1.42 bits per heavy atom. The number of methoxy groups -OCH3 is 1. The normalized spacial score (nSPS) is 18.1. The lowest BCUT2D eigenvalue weighted by molar-refractivity contribution is -0.137. The van der Waals surface area contributed by atoms with Crippen LogP contribution in [0.3, 0.4) is 0 Å². The second-order valence-corrected chi connectivity index (χ2v) is 5.17. The number of hydrogen-bond donors (Lipinski definition) is 2. The molecule has 0 spiro atoms. The van der Waals surface area contributed by atoms with Crippen molar-refractivity contribution in [3.05, 3.63) is 0 Å². The van der Waals surface area contributed by atoms with Gasteiger partial charge in [-0.25, -0.2) is 4.79 Å². The van der Waals surface area contributed by atoms with Crippen molar-refractivity contribution in [2.24, 2.45) is 5.92 Å². The molecule has 1 fully saturated rings. The van der Waals surface area contributed by atoms with Crippen LogP contribution in [0.5, 0.6) is 0 Å². The molecule has 1 rings (SSSR count). The van der Waals surface area contributed by atoms with E-state index in [0.29, 0.717) is 32.0 Å². The molecule has 0 saturated carbocycles. The summed E-state index contributed by atoms with van der Waals surface area (Å²) in [5, 5.41) is 11.5. The first kappa shape index (κ1) is 15.8. The fraction of sp³-hybridized carbons (Fsp3) is 0.846. The predicted molar refractivity (Wildman–Crippen MR) is 71.0 cm³/mol. The Balaban J connectivity index is 2.25. The minimum atomic E-state index is -0.742. The third kappa shape index (κ3) is 5.92. The minimum Gasteiger partial charge on any atom is -0.481 e. The van der Waals surface area contributed by atoms with Gasteiger partial charge in [-0.15, -0.1) is 0 Å². The van der Waals surface area contributed by atoms with Crippen LogP contribution in [0.15, 0.2) is 0 Å². The molecule has 110 valence electrons. The van der Waals surface area contributed by atoms with Crippen molar-refractivity contribution in [2.45, 2.75) is 38.6 Å². The number of carbonyl (C=O) groups is 2. The molecule has 1 saturated heterocycles. The number of ether oxygens (including phenoxy) is 1. The molecule has 0 aromatic carbocycles. The molecular weight excluding hydrogens is 248 g/mol. The Bertz CT molecular complexity index is 301. The molecule has 0 aromatic heterocycles. The van der Waals surface area contributed by atoms with Gasteiger partial charge in [0, 0.05) is 26.6 Å². The fourth-order valence-electron chi connectivity index (χ4n) is 2.35. The Morgan fingerprint density at radius 3 is 2.58 bits per heavy atom. The Morgan fingerprint density at radius 2 is 2.05 bits per heavy atom. The topological polar surface area (TPSA) is 78.9 Å². The molecule has 6 heteroatoms. The summed E-state index contributed by atoms with van der Waals surface area (Å²) < 4.78 is 4.97. The lowest BCUT2D eigenvalue weighted by atomic mass is 9.92. The van der Waals surface area contributed by atoms with Gasteiger partial charge in [-0.1, -0.05) is 0 Å². The van der Waals surface area contributed by atoms with Crippen LogP contribution in [0.2, 0.25) is 0 Å². The van der Waals surface area contributed by atoms with Gasteiger partial charge in [0.1, 0.15) is 0 Å². The maximum atomic E-state index is 11.9. The molecule has 2 N–H and O–H groups in total. The van der Waals surface area contributed by atoms with Crippen molar-refractivity contribution in [3.8, 4) is 0 Å². The average Bonchev–Trinajstić information content (AvgIpc) is 2.37. The molecule has 2 amide bonds. The quantitative estimate of drug-likeness (QED) is 0.764. The number of rotatable bonds is 6. The second kappa shape index (κ2) is 7.99. The van der Waals surface area contributed by atoms with Gasteiger partial charge < -0.3 is 20.1 Å². The summed E-state index contributed by atoms with van der Waals surface area (Å²) in [4.78, 5) is 24.2. The lowest BCUT2D eigenvalue weighted by Crippen LogP contribution is -2.48. The zero-order valence-electron chi connectivity index (χ0n) is 11.7. The molecule has 1 heterocycles. The molecule has 1 unspecified atom stereocenters. The van der Waals surface area contributed by atoms with E-state index < -0.39 is 5.97 Å². The standard InChI is InChI=1S/C13H24N2O4/c1-10(9-19-2)14-13(18)15-7-5-11(6-8-15)3-4-12(16)17/h10-11H,3-9H2,1-2H3,(H,14,18)(H,16,17). The summed E-state index contributed by atoms with van der Waals surface area (Å²) in [6, 6.07) is -0.0523. The van der Waals surface area contributed by atoms with Gasteiger partial charge in [0.25, 0.3) is 0 Å². The van der Waals surface area contributed by atoms with E-state index >= 15 is 0 Å². The molecule has 1 atom stereocenters. The number of piperidine rings is 1. The number of hydrogen-bond acceptors (Lipinski definition) is 3. The van der Waals surface area contributed by atoms with E-state index in [-0.39, 0.29) is 18.5 Å². The van der Waals surface area contributed by atoms with Crippen molar-refractivity contribution in [2.75, 3.05) is 26.8 Å². The summed E-state index contributed by atoms with van der Waals surface area (Å²) in [5.41, 5.74) is 0. The van der Waals surface area contributed by atoms with Gasteiger partial charge in [-0.3, -0.25) is 4.79 Å². The van der Waals surface area contributed by atoms with E-state index in [1.807, 2.05) is 6.92 Å². The maximum Gasteiger partial charge on any atom is 0.317 e. The third-order valence-electron chi connectivity index (χ3n) is 3.45. The Labute approximate surface area is 114 Å². The highest BCUT2D eigenvalue weighted by Gasteiger charge is 2.23. The van der Waals surface area contributed by atoms with Crippen LogP contribution >= 0.6 is 0 Å². The minimum absolute atomic E-state index is 0.00207. The molecule has 1 aliphatic heterocycles. The van der Waals surface area contributed by atoms with E-state index in [4.69, 9.17) is 9.84 Å². The summed E-state index contributed by atoms with van der Waals surface area (Å²) in [5.74, 6) is -0.315. The Hall–Kier alpha value is -1.30. The summed E-state index contributed by atoms with van der Waals surface area (Å²) in [6.07, 6.45) is 2.71. The van der Waals surface area contributed by atoms with Crippen LogP contribution < -0.4 is 5.32 Å². The zero-order chi connectivity index (χ0) is 14.3. The van der Waals surface area contributed by atoms with Crippen LogP contribution in [0.4, 0.5) is 4.79 Å². The molecule has 6 nitrogen and oxygen atoms in total. The number of nitrogens with one attached hydrogen (secondary N) is 1. The fourth-order valence-corrected chi connectivity index (χ4v) is 2.35. The second-order valence-electron chi connectivity index (χ2n) is 5.17. The van der Waals surface area contributed by atoms with Gasteiger partial charge in [0.15, 0.2) is 0 Å². The smallest absolute Gasteiger partial charge is 0.317 e. The van der Waals surface area contributed by atoms with Gasteiger partial charge in [0.2, 0.25) is 0 Å². The predicted octanol–water partition coefficient (Wildman–Crippen LogP) is 1.31. The molecule has 1 aliphatic rings. The van der Waals surface area contributed by atoms with Crippen molar-refractivity contribution in [1.82, 2.24) is 10.2 Å². The van der Waals surface area contributed by atoms with Crippen LogP contribution in [0.25, 0.3) is 0 Å². The number of carboxylic acids is 1. The number of nitrogens with zero attached hydrogens (tertiary/aromatic N) is 1. The lowest BCUT2D eigenvalue weighted by Gasteiger charge is -2.32. The van der Waals surface area contributed by atoms with Gasteiger partial charge >= 0.3 is 12.0 Å². The SMILES string of the molecule is COCC(C)NC(=O)N1CCC(CCC(=O)O)CC1. The molecule has 0 aromatic rings. The number of aliphatic carboxylic acids is 1. The van der Waals surface area contributed by atoms with Crippen molar-refractivity contribution < 1.29 is 19.4 Å². The average molecular weight is 272 g/mol. The van der Waals surface area contributed by atoms with Gasteiger partial charge in [-0.05, 0) is 32.1 Å². The van der Waals surface area contributed by atoms with E-state index in [2.05, 4.69) is 5.32 Å². The van der Waals surface area contributed by atoms with E-state index in [1.54, 1.807) is 12.0 Å². The summed E-state index contributed by atoms with van der Waals surface area (Å²) in [6.45, 7) is 3.81. The molecule has 0 bridgehead atoms. The van der Waals surface area contributed by atoms with Crippen molar-refractivity contribution in [1.29, 1.82) is 0 Å². The van der Waals surface area contributed by atoms with Crippen LogP contribution in [-0.4, -0.2) is 54.9 Å². The first-order valence-electron chi connectivity index (χ1n) is 6.79. The molecule has 19 heavy (non-hydrogen) atoms. The van der Waals surface area contributed by atoms with E-state index in [0.717, 1.165) is 12.8 Å². The van der Waals surface area contributed by atoms with Crippen LogP contribution in [-0.2, 0) is 9.53 Å². The Kier molecular flexibility index (Phi) is 6.62. The highest BCUT2D eigenvalue weighted by molar-refractivity contribution is 5.74. The van der Waals surface area contributed by atoms with Gasteiger partial charge in [0.05, 0.1) is 12.6 Å². The van der Waals surface area contributed by atoms with E-state index in [1.165, 1.54) is 0 Å². The highest BCUT2D eigenvalue weighted by atomic mass is 16.5. The number of likely N-dealkylation sites (tertiary alicyclic amines) is 1. The number of carbonyl (C=O) groups excluding carboxylic acids is 1. The molecule has 0 radical (unpaired) electrons. The number of carboxylic acid groups (broad SMARTS) is 1. The monoisotopic (exact) mass is 272 g/mol. The van der Waals surface area contributed by atoms with Crippen LogP contribution in [0.1, 0.15) is 32.6 Å². The van der Waals surface area contributed by atoms with Crippen molar-refractivity contribution in [3.63, 3.8) is 0 Å². The first-order chi connectivity index (χ1) is 9.02. The first-order valence-corrected chi connectivity index (χ1v) is 6.79. The summed E-state index contributed by atoms with van der Waals surface area (Å²) >= 11 is 0.